The van der Waals surface area contributed by atoms with Gasteiger partial charge in [0.1, 0.15) is 5.69 Å². The van der Waals surface area contributed by atoms with E-state index in [4.69, 9.17) is 5.73 Å². The predicted octanol–water partition coefficient (Wildman–Crippen LogP) is 2.44. The third-order valence-corrected chi connectivity index (χ3v) is 4.03. The van der Waals surface area contributed by atoms with E-state index >= 15 is 0 Å². The molecule has 0 aliphatic heterocycles. The van der Waals surface area contributed by atoms with E-state index in [-0.39, 0.29) is 23.8 Å². The van der Waals surface area contributed by atoms with Crippen LogP contribution in [0.5, 0.6) is 0 Å². The van der Waals surface area contributed by atoms with Crippen molar-refractivity contribution < 1.29 is 9.72 Å². The number of nitro benzene ring substituents is 1. The van der Waals surface area contributed by atoms with E-state index in [1.165, 1.54) is 6.07 Å². The highest BCUT2D eigenvalue weighted by Crippen LogP contribution is 2.37. The van der Waals surface area contributed by atoms with Gasteiger partial charge in [-0.1, -0.05) is 31.4 Å². The second-order valence-corrected chi connectivity index (χ2v) is 5.27. The molecule has 3 N–H and O–H groups in total. The van der Waals surface area contributed by atoms with Gasteiger partial charge >= 0.3 is 0 Å². The summed E-state index contributed by atoms with van der Waals surface area (Å²) in [6.07, 6.45) is 4.55. The van der Waals surface area contributed by atoms with Crippen molar-refractivity contribution in [2.24, 2.45) is 11.1 Å². The largest absolute Gasteiger partial charge is 0.329 e. The van der Waals surface area contributed by atoms with Crippen molar-refractivity contribution >= 4 is 17.3 Å². The Morgan fingerprint density at radius 1 is 1.30 bits per heavy atom. The number of para-hydroxylation sites is 2. The number of anilines is 1. The average molecular weight is 277 g/mol. The number of rotatable bonds is 4. The van der Waals surface area contributed by atoms with Crippen molar-refractivity contribution in [3.8, 4) is 0 Å². The molecule has 0 spiro atoms. The molecule has 108 valence electrons. The van der Waals surface area contributed by atoms with E-state index in [2.05, 4.69) is 5.32 Å². The first-order chi connectivity index (χ1) is 9.59. The normalized spacial score (nSPS) is 17.4. The molecule has 20 heavy (non-hydrogen) atoms. The van der Waals surface area contributed by atoms with Gasteiger partial charge in [-0.15, -0.1) is 0 Å². The first-order valence-electron chi connectivity index (χ1n) is 6.84. The molecule has 0 radical (unpaired) electrons. The van der Waals surface area contributed by atoms with Crippen LogP contribution >= 0.6 is 0 Å². The van der Waals surface area contributed by atoms with E-state index < -0.39 is 10.3 Å². The maximum absolute atomic E-state index is 12.5. The molecule has 0 aromatic heterocycles. The summed E-state index contributed by atoms with van der Waals surface area (Å²) < 4.78 is 0. The van der Waals surface area contributed by atoms with Gasteiger partial charge in [-0.25, -0.2) is 0 Å². The van der Waals surface area contributed by atoms with Crippen molar-refractivity contribution in [3.05, 3.63) is 34.4 Å². The zero-order valence-corrected chi connectivity index (χ0v) is 11.3. The maximum atomic E-state index is 12.5. The van der Waals surface area contributed by atoms with Crippen LogP contribution in [-0.2, 0) is 4.79 Å². The lowest BCUT2D eigenvalue weighted by atomic mass is 9.73. The summed E-state index contributed by atoms with van der Waals surface area (Å²) in [6.45, 7) is 0.277. The maximum Gasteiger partial charge on any atom is 0.292 e. The third-order valence-electron chi connectivity index (χ3n) is 4.03. The van der Waals surface area contributed by atoms with Crippen LogP contribution < -0.4 is 11.1 Å². The van der Waals surface area contributed by atoms with Crippen molar-refractivity contribution in [2.45, 2.75) is 32.1 Å². The highest BCUT2D eigenvalue weighted by molar-refractivity contribution is 5.97. The molecule has 6 heteroatoms. The van der Waals surface area contributed by atoms with Crippen molar-refractivity contribution in [2.75, 3.05) is 11.9 Å². The number of benzene rings is 1. The summed E-state index contributed by atoms with van der Waals surface area (Å²) in [7, 11) is 0. The van der Waals surface area contributed by atoms with Gasteiger partial charge in [0.15, 0.2) is 0 Å². The quantitative estimate of drug-likeness (QED) is 0.652. The Hall–Kier alpha value is -1.95. The minimum absolute atomic E-state index is 0.0937. The summed E-state index contributed by atoms with van der Waals surface area (Å²) >= 11 is 0. The minimum atomic E-state index is -0.581. The van der Waals surface area contributed by atoms with Gasteiger partial charge in [-0.3, -0.25) is 14.9 Å². The van der Waals surface area contributed by atoms with Crippen LogP contribution in [0, 0.1) is 15.5 Å². The van der Waals surface area contributed by atoms with Gasteiger partial charge in [0.25, 0.3) is 5.69 Å². The lowest BCUT2D eigenvalue weighted by Crippen LogP contribution is -2.43. The lowest BCUT2D eigenvalue weighted by Gasteiger charge is -2.34. The molecule has 1 amide bonds. The Morgan fingerprint density at radius 2 is 1.95 bits per heavy atom. The van der Waals surface area contributed by atoms with E-state index in [0.717, 1.165) is 32.1 Å². The molecule has 0 heterocycles. The average Bonchev–Trinajstić information content (AvgIpc) is 2.48. The third kappa shape index (κ3) is 2.80. The molecule has 6 nitrogen and oxygen atoms in total. The van der Waals surface area contributed by atoms with Crippen LogP contribution in [-0.4, -0.2) is 17.4 Å². The van der Waals surface area contributed by atoms with E-state index in [1.54, 1.807) is 18.2 Å². The monoisotopic (exact) mass is 277 g/mol. The standard InChI is InChI=1S/C14H19N3O3/c15-10-14(8-4-1-5-9-14)13(18)16-11-6-2-3-7-12(11)17(19)20/h2-3,6-7H,1,4-5,8-10,15H2,(H,16,18). The number of nitro groups is 1. The van der Waals surface area contributed by atoms with Crippen molar-refractivity contribution in [3.63, 3.8) is 0 Å². The molecule has 1 aromatic rings. The highest BCUT2D eigenvalue weighted by Gasteiger charge is 2.38. The van der Waals surface area contributed by atoms with Crippen LogP contribution in [0.25, 0.3) is 0 Å². The van der Waals surface area contributed by atoms with Crippen LogP contribution in [0.15, 0.2) is 24.3 Å². The fourth-order valence-electron chi connectivity index (χ4n) is 2.75. The number of nitrogens with two attached hydrogens (primary N) is 1. The topological polar surface area (TPSA) is 98.3 Å². The number of hydrogen-bond acceptors (Lipinski definition) is 4. The van der Waals surface area contributed by atoms with E-state index in [0.29, 0.717) is 0 Å². The number of amides is 1. The SMILES string of the molecule is NCC1(C(=O)Nc2ccccc2[N+](=O)[O-])CCCCC1. The Bertz CT molecular complexity index is 510. The molecule has 2 rings (SSSR count). The minimum Gasteiger partial charge on any atom is -0.329 e. The molecule has 0 bridgehead atoms. The molecule has 1 saturated carbocycles. The molecule has 1 fully saturated rings. The van der Waals surface area contributed by atoms with Crippen LogP contribution in [0.1, 0.15) is 32.1 Å². The van der Waals surface area contributed by atoms with Gasteiger partial charge in [0, 0.05) is 12.6 Å². The Morgan fingerprint density at radius 3 is 2.55 bits per heavy atom. The number of carbonyl (C=O) groups is 1. The summed E-state index contributed by atoms with van der Waals surface area (Å²) in [6, 6.07) is 6.17. The number of hydrogen-bond donors (Lipinski definition) is 2. The molecule has 1 aromatic carbocycles. The fraction of sp³-hybridized carbons (Fsp3) is 0.500. The summed E-state index contributed by atoms with van der Waals surface area (Å²) in [5.74, 6) is -0.200. The van der Waals surface area contributed by atoms with Crippen LogP contribution in [0.2, 0.25) is 0 Å². The number of nitrogens with one attached hydrogen (secondary N) is 1. The predicted molar refractivity (Wildman–Crippen MR) is 76.3 cm³/mol. The Kier molecular flexibility index (Phi) is 4.34. The molecule has 0 unspecified atom stereocenters. The zero-order chi connectivity index (χ0) is 14.6. The van der Waals surface area contributed by atoms with Crippen molar-refractivity contribution in [1.82, 2.24) is 0 Å². The van der Waals surface area contributed by atoms with Gasteiger partial charge in [-0.05, 0) is 18.9 Å². The fourth-order valence-corrected chi connectivity index (χ4v) is 2.75. The molecule has 0 saturated heterocycles. The van der Waals surface area contributed by atoms with Gasteiger partial charge in [-0.2, -0.15) is 0 Å². The van der Waals surface area contributed by atoms with Crippen LogP contribution in [0.3, 0.4) is 0 Å². The van der Waals surface area contributed by atoms with Crippen molar-refractivity contribution in [1.29, 1.82) is 0 Å². The molecule has 1 aliphatic rings. The molecular formula is C14H19N3O3. The summed E-state index contributed by atoms with van der Waals surface area (Å²) in [4.78, 5) is 22.9. The lowest BCUT2D eigenvalue weighted by molar-refractivity contribution is -0.383. The second-order valence-electron chi connectivity index (χ2n) is 5.27. The Balaban J connectivity index is 2.20. The first kappa shape index (κ1) is 14.5. The second kappa shape index (κ2) is 6.00. The molecule has 0 atom stereocenters. The summed E-state index contributed by atoms with van der Waals surface area (Å²) in [5, 5.41) is 13.7. The highest BCUT2D eigenvalue weighted by atomic mass is 16.6. The number of carbonyl (C=O) groups excluding carboxylic acids is 1. The molecule has 1 aliphatic carbocycles. The van der Waals surface area contributed by atoms with Gasteiger partial charge < -0.3 is 11.1 Å². The van der Waals surface area contributed by atoms with Gasteiger partial charge in [0.2, 0.25) is 5.91 Å². The number of nitrogens with zero attached hydrogens (tertiary/aromatic N) is 1. The first-order valence-corrected chi connectivity index (χ1v) is 6.84. The van der Waals surface area contributed by atoms with E-state index in [1.807, 2.05) is 0 Å². The molecular weight excluding hydrogens is 258 g/mol. The summed E-state index contributed by atoms with van der Waals surface area (Å²) in [5.41, 5.74) is 5.36. The smallest absolute Gasteiger partial charge is 0.292 e. The van der Waals surface area contributed by atoms with E-state index in [9.17, 15) is 14.9 Å². The van der Waals surface area contributed by atoms with Gasteiger partial charge in [0.05, 0.1) is 10.3 Å². The zero-order valence-electron chi connectivity index (χ0n) is 11.3. The Labute approximate surface area is 117 Å². The van der Waals surface area contributed by atoms with Crippen LogP contribution in [0.4, 0.5) is 11.4 Å².